The minimum atomic E-state index is -0.279. The molecule has 0 atom stereocenters. The van der Waals surface area contributed by atoms with Crippen LogP contribution < -0.4 is 5.73 Å². The summed E-state index contributed by atoms with van der Waals surface area (Å²) in [7, 11) is 1.36. The van der Waals surface area contributed by atoms with E-state index in [0.29, 0.717) is 32.0 Å². The van der Waals surface area contributed by atoms with Crippen LogP contribution in [0.25, 0.3) is 0 Å². The van der Waals surface area contributed by atoms with E-state index in [-0.39, 0.29) is 18.3 Å². The van der Waals surface area contributed by atoms with Gasteiger partial charge in [-0.1, -0.05) is 13.8 Å². The van der Waals surface area contributed by atoms with E-state index >= 15 is 0 Å². The smallest absolute Gasteiger partial charge is 0.307 e. The number of hydrogen-bond acceptors (Lipinski definition) is 4. The van der Waals surface area contributed by atoms with Gasteiger partial charge in [0.2, 0.25) is 5.91 Å². The van der Waals surface area contributed by atoms with Gasteiger partial charge in [0.05, 0.1) is 13.5 Å². The third-order valence-electron chi connectivity index (χ3n) is 2.60. The predicted octanol–water partition coefficient (Wildman–Crippen LogP) is 1.16. The number of hydrogen-bond donors (Lipinski definition) is 1. The maximum atomic E-state index is 12.0. The van der Waals surface area contributed by atoms with Crippen LogP contribution >= 0.6 is 0 Å². The van der Waals surface area contributed by atoms with Gasteiger partial charge in [-0.25, -0.2) is 0 Å². The maximum Gasteiger partial charge on any atom is 0.307 e. The van der Waals surface area contributed by atoms with Crippen molar-refractivity contribution in [3.63, 3.8) is 0 Å². The molecule has 5 nitrogen and oxygen atoms in total. The molecule has 18 heavy (non-hydrogen) atoms. The van der Waals surface area contributed by atoms with Gasteiger partial charge in [-0.05, 0) is 25.3 Å². The zero-order valence-corrected chi connectivity index (χ0v) is 11.8. The number of methoxy groups -OCH3 is 1. The number of carbonyl (C=O) groups excluding carboxylic acids is 2. The fraction of sp³-hybridized carbons (Fsp3) is 0.846. The first-order chi connectivity index (χ1) is 8.51. The predicted molar refractivity (Wildman–Crippen MR) is 71.0 cm³/mol. The molecule has 0 fully saturated rings. The van der Waals surface area contributed by atoms with Gasteiger partial charge in [-0.2, -0.15) is 0 Å². The Morgan fingerprint density at radius 2 is 1.89 bits per heavy atom. The number of esters is 1. The number of nitrogens with zero attached hydrogens (tertiary/aromatic N) is 1. The highest BCUT2D eigenvalue weighted by Crippen LogP contribution is 2.06. The fourth-order valence-corrected chi connectivity index (χ4v) is 1.67. The average Bonchev–Trinajstić information content (AvgIpc) is 2.33. The Hall–Kier alpha value is -1.10. The Bertz CT molecular complexity index is 255. The second kappa shape index (κ2) is 9.88. The summed E-state index contributed by atoms with van der Waals surface area (Å²) < 4.78 is 4.59. The summed E-state index contributed by atoms with van der Waals surface area (Å²) in [6, 6.07) is 0. The summed E-state index contributed by atoms with van der Waals surface area (Å²) in [5.74, 6) is 0.209. The lowest BCUT2D eigenvalue weighted by Crippen LogP contribution is -2.36. The molecule has 0 radical (unpaired) electrons. The zero-order valence-electron chi connectivity index (χ0n) is 11.8. The lowest BCUT2D eigenvalue weighted by Gasteiger charge is -2.24. The topological polar surface area (TPSA) is 72.6 Å². The summed E-state index contributed by atoms with van der Waals surface area (Å²) in [6.07, 6.45) is 2.43. The molecule has 0 aromatic rings. The van der Waals surface area contributed by atoms with Crippen LogP contribution in [0.2, 0.25) is 0 Å². The molecular formula is C13H26N2O3. The largest absolute Gasteiger partial charge is 0.469 e. The molecule has 0 bridgehead atoms. The number of ether oxygens (including phenoxy) is 1. The summed E-state index contributed by atoms with van der Waals surface area (Å²) >= 11 is 0. The number of amides is 1. The first-order valence-corrected chi connectivity index (χ1v) is 6.55. The van der Waals surface area contributed by atoms with Crippen molar-refractivity contribution >= 4 is 11.9 Å². The Kier molecular flexibility index (Phi) is 9.28. The van der Waals surface area contributed by atoms with Crippen LogP contribution in [0, 0.1) is 5.92 Å². The minimum absolute atomic E-state index is 0.0982. The van der Waals surface area contributed by atoms with E-state index in [1.807, 2.05) is 0 Å². The minimum Gasteiger partial charge on any atom is -0.469 e. The van der Waals surface area contributed by atoms with Crippen molar-refractivity contribution in [3.05, 3.63) is 0 Å². The van der Waals surface area contributed by atoms with Crippen molar-refractivity contribution in [3.8, 4) is 0 Å². The molecular weight excluding hydrogens is 232 g/mol. The quantitative estimate of drug-likeness (QED) is 0.497. The molecule has 0 spiro atoms. The van der Waals surface area contributed by atoms with Crippen molar-refractivity contribution < 1.29 is 14.3 Å². The highest BCUT2D eigenvalue weighted by Gasteiger charge is 2.15. The molecule has 0 aromatic heterocycles. The zero-order chi connectivity index (χ0) is 14.0. The standard InChI is InChI=1S/C13H26N2O3/c1-11(2)10-15(9-7-13(17)18-3)12(16)6-4-5-8-14/h11H,4-10,14H2,1-3H3. The maximum absolute atomic E-state index is 12.0. The van der Waals surface area contributed by atoms with E-state index in [9.17, 15) is 9.59 Å². The Balaban J connectivity index is 4.19. The molecule has 0 aliphatic rings. The van der Waals surface area contributed by atoms with Crippen LogP contribution in [-0.4, -0.2) is 43.5 Å². The molecule has 0 aliphatic heterocycles. The molecule has 0 saturated carbocycles. The molecule has 0 rings (SSSR count). The monoisotopic (exact) mass is 258 g/mol. The summed E-state index contributed by atoms with van der Waals surface area (Å²) in [6.45, 7) is 5.83. The third kappa shape index (κ3) is 8.06. The number of nitrogens with two attached hydrogens (primary N) is 1. The highest BCUT2D eigenvalue weighted by atomic mass is 16.5. The van der Waals surface area contributed by atoms with E-state index < -0.39 is 0 Å². The second-order valence-corrected chi connectivity index (χ2v) is 4.81. The van der Waals surface area contributed by atoms with Crippen molar-refractivity contribution in [1.29, 1.82) is 0 Å². The summed E-state index contributed by atoms with van der Waals surface area (Å²) in [5, 5.41) is 0. The lowest BCUT2D eigenvalue weighted by atomic mass is 10.1. The molecule has 106 valence electrons. The molecule has 0 aliphatic carbocycles. The summed E-state index contributed by atoms with van der Waals surface area (Å²) in [5.41, 5.74) is 5.40. The van der Waals surface area contributed by atoms with Gasteiger partial charge < -0.3 is 15.4 Å². The van der Waals surface area contributed by atoms with Gasteiger partial charge >= 0.3 is 5.97 Å². The van der Waals surface area contributed by atoms with Crippen LogP contribution in [0.3, 0.4) is 0 Å². The molecule has 5 heteroatoms. The van der Waals surface area contributed by atoms with E-state index in [1.54, 1.807) is 4.90 Å². The van der Waals surface area contributed by atoms with Gasteiger partial charge in [-0.3, -0.25) is 9.59 Å². The molecule has 0 saturated heterocycles. The van der Waals surface area contributed by atoms with Crippen molar-refractivity contribution in [2.75, 3.05) is 26.7 Å². The second-order valence-electron chi connectivity index (χ2n) is 4.81. The first-order valence-electron chi connectivity index (χ1n) is 6.55. The van der Waals surface area contributed by atoms with Gasteiger partial charge in [0, 0.05) is 19.5 Å². The fourth-order valence-electron chi connectivity index (χ4n) is 1.67. The van der Waals surface area contributed by atoms with E-state index in [2.05, 4.69) is 18.6 Å². The highest BCUT2D eigenvalue weighted by molar-refractivity contribution is 5.77. The normalized spacial score (nSPS) is 10.5. The van der Waals surface area contributed by atoms with Gasteiger partial charge in [-0.15, -0.1) is 0 Å². The van der Waals surface area contributed by atoms with Crippen LogP contribution in [0.4, 0.5) is 0 Å². The molecule has 1 amide bonds. The number of unbranched alkanes of at least 4 members (excludes halogenated alkanes) is 1. The van der Waals surface area contributed by atoms with Crippen LogP contribution in [0.5, 0.6) is 0 Å². The number of rotatable bonds is 9. The third-order valence-corrected chi connectivity index (χ3v) is 2.60. The Morgan fingerprint density at radius 1 is 1.22 bits per heavy atom. The molecule has 0 aromatic carbocycles. The summed E-state index contributed by atoms with van der Waals surface area (Å²) in [4.78, 5) is 24.8. The van der Waals surface area contributed by atoms with Crippen LogP contribution in [0.15, 0.2) is 0 Å². The Morgan fingerprint density at radius 3 is 2.39 bits per heavy atom. The van der Waals surface area contributed by atoms with Crippen molar-refractivity contribution in [1.82, 2.24) is 4.90 Å². The average molecular weight is 258 g/mol. The lowest BCUT2D eigenvalue weighted by molar-refractivity contribution is -0.141. The molecule has 0 unspecified atom stereocenters. The van der Waals surface area contributed by atoms with Crippen molar-refractivity contribution in [2.45, 2.75) is 39.5 Å². The molecule has 2 N–H and O–H groups in total. The first kappa shape index (κ1) is 16.9. The van der Waals surface area contributed by atoms with Crippen LogP contribution in [0.1, 0.15) is 39.5 Å². The van der Waals surface area contributed by atoms with Gasteiger partial charge in [0.25, 0.3) is 0 Å². The number of carbonyl (C=O) groups is 2. The van der Waals surface area contributed by atoms with Crippen LogP contribution in [-0.2, 0) is 14.3 Å². The van der Waals surface area contributed by atoms with Gasteiger partial charge in [0.15, 0.2) is 0 Å². The van der Waals surface area contributed by atoms with E-state index in [1.165, 1.54) is 7.11 Å². The Labute approximate surface area is 110 Å². The molecule has 0 heterocycles. The van der Waals surface area contributed by atoms with Crippen molar-refractivity contribution in [2.24, 2.45) is 11.7 Å². The van der Waals surface area contributed by atoms with E-state index in [4.69, 9.17) is 5.73 Å². The van der Waals surface area contributed by atoms with E-state index in [0.717, 1.165) is 12.8 Å². The SMILES string of the molecule is COC(=O)CCN(CC(C)C)C(=O)CCCCN. The van der Waals surface area contributed by atoms with Gasteiger partial charge in [0.1, 0.15) is 0 Å².